The Morgan fingerprint density at radius 2 is 2.10 bits per heavy atom. The van der Waals surface area contributed by atoms with E-state index in [-0.39, 0.29) is 18.1 Å². The number of ether oxygens (including phenoxy) is 1. The molecule has 0 aromatic heterocycles. The van der Waals surface area contributed by atoms with Crippen LogP contribution in [0.15, 0.2) is 30.3 Å². The molecule has 4 heteroatoms. The number of nitrogens with zero attached hydrogens (tertiary/aromatic N) is 1. The zero-order valence-electron chi connectivity index (χ0n) is 12.2. The minimum atomic E-state index is -0.726. The highest BCUT2D eigenvalue weighted by Gasteiger charge is 2.35. The summed E-state index contributed by atoms with van der Waals surface area (Å²) in [5.74, 6) is -0.726. The first-order valence-corrected chi connectivity index (χ1v) is 7.12. The third-order valence-corrected chi connectivity index (χ3v) is 3.87. The number of aliphatic carboxylic acids is 1. The molecule has 1 heterocycles. The molecule has 4 nitrogen and oxygen atoms in total. The van der Waals surface area contributed by atoms with E-state index >= 15 is 0 Å². The zero-order valence-corrected chi connectivity index (χ0v) is 12.2. The Balaban J connectivity index is 1.99. The van der Waals surface area contributed by atoms with E-state index in [1.165, 1.54) is 5.56 Å². The number of carboxylic acid groups (broad SMARTS) is 1. The van der Waals surface area contributed by atoms with Gasteiger partial charge in [-0.15, -0.1) is 0 Å². The van der Waals surface area contributed by atoms with Gasteiger partial charge in [-0.2, -0.15) is 0 Å². The van der Waals surface area contributed by atoms with Gasteiger partial charge in [-0.3, -0.25) is 9.69 Å². The molecular formula is C16H23NO3. The maximum Gasteiger partial charge on any atom is 0.303 e. The summed E-state index contributed by atoms with van der Waals surface area (Å²) in [6.07, 6.45) is 0.984. The van der Waals surface area contributed by atoms with Crippen molar-refractivity contribution in [3.05, 3.63) is 35.9 Å². The van der Waals surface area contributed by atoms with E-state index < -0.39 is 5.97 Å². The summed E-state index contributed by atoms with van der Waals surface area (Å²) in [7, 11) is 0. The fourth-order valence-electron chi connectivity index (χ4n) is 2.58. The maximum atomic E-state index is 10.6. The molecule has 1 aliphatic heterocycles. The van der Waals surface area contributed by atoms with Gasteiger partial charge in [0.2, 0.25) is 0 Å². The zero-order chi connectivity index (χ0) is 14.6. The van der Waals surface area contributed by atoms with Crippen molar-refractivity contribution in [1.82, 2.24) is 4.90 Å². The smallest absolute Gasteiger partial charge is 0.303 e. The Morgan fingerprint density at radius 3 is 2.75 bits per heavy atom. The summed E-state index contributed by atoms with van der Waals surface area (Å²) >= 11 is 0. The highest BCUT2D eigenvalue weighted by atomic mass is 16.5. The Bertz CT molecular complexity index is 444. The number of rotatable bonds is 5. The third kappa shape index (κ3) is 3.81. The summed E-state index contributed by atoms with van der Waals surface area (Å²) in [5, 5.41) is 8.76. The van der Waals surface area contributed by atoms with Gasteiger partial charge in [0.15, 0.2) is 0 Å². The lowest BCUT2D eigenvalue weighted by Gasteiger charge is -2.45. The molecule has 0 spiro atoms. The first-order valence-electron chi connectivity index (χ1n) is 7.12. The SMILES string of the molecule is CC1(C)COC(c2ccccc2)CN1CCCC(=O)O. The predicted molar refractivity (Wildman–Crippen MR) is 77.7 cm³/mol. The normalized spacial score (nSPS) is 22.6. The molecule has 1 aromatic rings. The lowest BCUT2D eigenvalue weighted by atomic mass is 9.97. The summed E-state index contributed by atoms with van der Waals surface area (Å²) in [6, 6.07) is 10.2. The molecule has 0 amide bonds. The van der Waals surface area contributed by atoms with Crippen LogP contribution >= 0.6 is 0 Å². The second-order valence-corrected chi connectivity index (χ2v) is 5.97. The highest BCUT2D eigenvalue weighted by molar-refractivity contribution is 5.66. The van der Waals surface area contributed by atoms with Crippen LogP contribution in [0.1, 0.15) is 38.4 Å². The van der Waals surface area contributed by atoms with Crippen LogP contribution in [-0.2, 0) is 9.53 Å². The van der Waals surface area contributed by atoms with E-state index in [4.69, 9.17) is 9.84 Å². The van der Waals surface area contributed by atoms with Crippen LogP contribution in [0.5, 0.6) is 0 Å². The standard InChI is InChI=1S/C16H23NO3/c1-16(2)12-20-14(13-7-4-3-5-8-13)11-17(16)10-6-9-15(18)19/h3-5,7-8,14H,6,9-12H2,1-2H3,(H,18,19). The number of morpholine rings is 1. The number of benzene rings is 1. The molecule has 0 radical (unpaired) electrons. The van der Waals surface area contributed by atoms with Gasteiger partial charge < -0.3 is 9.84 Å². The lowest BCUT2D eigenvalue weighted by molar-refractivity contribution is -0.137. The fourth-order valence-corrected chi connectivity index (χ4v) is 2.58. The van der Waals surface area contributed by atoms with Gasteiger partial charge in [-0.25, -0.2) is 0 Å². The van der Waals surface area contributed by atoms with Crippen LogP contribution in [0.2, 0.25) is 0 Å². The molecule has 20 heavy (non-hydrogen) atoms. The molecule has 0 aliphatic carbocycles. The van der Waals surface area contributed by atoms with Crippen molar-refractivity contribution < 1.29 is 14.6 Å². The second-order valence-electron chi connectivity index (χ2n) is 5.97. The molecule has 1 unspecified atom stereocenters. The monoisotopic (exact) mass is 277 g/mol. The quantitative estimate of drug-likeness (QED) is 0.899. The van der Waals surface area contributed by atoms with Gasteiger partial charge in [0.25, 0.3) is 0 Å². The minimum Gasteiger partial charge on any atom is -0.481 e. The van der Waals surface area contributed by atoms with Crippen LogP contribution in [-0.4, -0.2) is 41.2 Å². The van der Waals surface area contributed by atoms with Gasteiger partial charge in [-0.05, 0) is 32.4 Å². The van der Waals surface area contributed by atoms with Gasteiger partial charge in [0.1, 0.15) is 0 Å². The number of hydrogen-bond acceptors (Lipinski definition) is 3. The van der Waals surface area contributed by atoms with Crippen LogP contribution in [0, 0.1) is 0 Å². The van der Waals surface area contributed by atoms with Gasteiger partial charge in [-0.1, -0.05) is 30.3 Å². The van der Waals surface area contributed by atoms with Crippen molar-refractivity contribution >= 4 is 5.97 Å². The number of carboxylic acids is 1. The molecular weight excluding hydrogens is 254 g/mol. The molecule has 1 N–H and O–H groups in total. The number of carbonyl (C=O) groups is 1. The Kier molecular flexibility index (Phi) is 4.78. The number of hydrogen-bond donors (Lipinski definition) is 1. The van der Waals surface area contributed by atoms with E-state index in [9.17, 15) is 4.79 Å². The predicted octanol–water partition coefficient (Wildman–Crippen LogP) is 2.70. The summed E-state index contributed by atoms with van der Waals surface area (Å²) < 4.78 is 5.98. The van der Waals surface area contributed by atoms with Crippen molar-refractivity contribution in [2.45, 2.75) is 38.3 Å². The van der Waals surface area contributed by atoms with Crippen LogP contribution in [0.3, 0.4) is 0 Å². The van der Waals surface area contributed by atoms with Crippen molar-refractivity contribution in [1.29, 1.82) is 0 Å². The Hall–Kier alpha value is -1.39. The fraction of sp³-hybridized carbons (Fsp3) is 0.562. The molecule has 1 fully saturated rings. The second kappa shape index (κ2) is 6.37. The van der Waals surface area contributed by atoms with Crippen molar-refractivity contribution in [2.75, 3.05) is 19.7 Å². The summed E-state index contributed by atoms with van der Waals surface area (Å²) in [4.78, 5) is 13.0. The molecule has 1 aromatic carbocycles. The lowest BCUT2D eigenvalue weighted by Crippen LogP contribution is -2.54. The van der Waals surface area contributed by atoms with E-state index in [2.05, 4.69) is 30.9 Å². The molecule has 110 valence electrons. The average molecular weight is 277 g/mol. The largest absolute Gasteiger partial charge is 0.481 e. The topological polar surface area (TPSA) is 49.8 Å². The maximum absolute atomic E-state index is 10.6. The summed E-state index contributed by atoms with van der Waals surface area (Å²) in [6.45, 7) is 6.58. The highest BCUT2D eigenvalue weighted by Crippen LogP contribution is 2.30. The minimum absolute atomic E-state index is 0.0379. The summed E-state index contributed by atoms with van der Waals surface area (Å²) in [5.41, 5.74) is 1.15. The van der Waals surface area contributed by atoms with E-state index in [0.717, 1.165) is 13.1 Å². The van der Waals surface area contributed by atoms with E-state index in [1.54, 1.807) is 0 Å². The van der Waals surface area contributed by atoms with E-state index in [0.29, 0.717) is 13.0 Å². The van der Waals surface area contributed by atoms with Gasteiger partial charge >= 0.3 is 5.97 Å². The molecule has 0 saturated carbocycles. The van der Waals surface area contributed by atoms with Gasteiger partial charge in [0.05, 0.1) is 12.7 Å². The molecule has 1 saturated heterocycles. The molecule has 1 aliphatic rings. The average Bonchev–Trinajstić information content (AvgIpc) is 2.41. The first kappa shape index (κ1) is 15.0. The molecule has 2 rings (SSSR count). The Morgan fingerprint density at radius 1 is 1.40 bits per heavy atom. The first-order chi connectivity index (χ1) is 9.49. The van der Waals surface area contributed by atoms with Crippen LogP contribution < -0.4 is 0 Å². The third-order valence-electron chi connectivity index (χ3n) is 3.87. The van der Waals surface area contributed by atoms with Gasteiger partial charge in [0, 0.05) is 18.5 Å². The molecule has 0 bridgehead atoms. The molecule has 1 atom stereocenters. The van der Waals surface area contributed by atoms with E-state index in [1.807, 2.05) is 18.2 Å². The van der Waals surface area contributed by atoms with Crippen LogP contribution in [0.25, 0.3) is 0 Å². The van der Waals surface area contributed by atoms with Crippen molar-refractivity contribution in [3.63, 3.8) is 0 Å². The van der Waals surface area contributed by atoms with Crippen molar-refractivity contribution in [2.24, 2.45) is 0 Å². The van der Waals surface area contributed by atoms with Crippen molar-refractivity contribution in [3.8, 4) is 0 Å². The Labute approximate surface area is 120 Å². The van der Waals surface area contributed by atoms with Crippen LogP contribution in [0.4, 0.5) is 0 Å².